The summed E-state index contributed by atoms with van der Waals surface area (Å²) in [5.74, 6) is 0.431. The van der Waals surface area contributed by atoms with Crippen LogP contribution in [-0.2, 0) is 7.05 Å². The summed E-state index contributed by atoms with van der Waals surface area (Å²) in [6.45, 7) is 0. The molecule has 1 aromatic heterocycles. The minimum absolute atomic E-state index is 0.0762. The van der Waals surface area contributed by atoms with E-state index in [9.17, 15) is 15.0 Å². The van der Waals surface area contributed by atoms with Gasteiger partial charge in [0.15, 0.2) is 11.5 Å². The van der Waals surface area contributed by atoms with E-state index >= 15 is 0 Å². The smallest absolute Gasteiger partial charge is 0.263 e. The molecule has 2 N–H and O–H groups in total. The lowest BCUT2D eigenvalue weighted by atomic mass is 9.99. The van der Waals surface area contributed by atoms with Gasteiger partial charge in [-0.3, -0.25) is 9.79 Å². The van der Waals surface area contributed by atoms with Crippen molar-refractivity contribution in [2.45, 2.75) is 16.6 Å². The lowest BCUT2D eigenvalue weighted by Gasteiger charge is -2.19. The molecule has 0 amide bonds. The first-order chi connectivity index (χ1) is 16.9. The topological polar surface area (TPSA) is 93.3 Å². The van der Waals surface area contributed by atoms with Crippen molar-refractivity contribution in [3.63, 3.8) is 0 Å². The standard InChI is InChI=1S/C27H24N2O5S/c1-29-19-10-6-4-8-16(19)25(30)24(27(29)32)18-14-23(35-22-11-7-5-9-17(22)28-18)15-12-20(33-2)26(31)21(13-15)34-3/h4-13,23,30-31H,14H2,1-3H3/t23-/m0/s1. The van der Waals surface area contributed by atoms with Crippen molar-refractivity contribution < 1.29 is 19.7 Å². The third-order valence-electron chi connectivity index (χ3n) is 6.21. The molecule has 0 radical (unpaired) electrons. The fraction of sp³-hybridized carbons (Fsp3) is 0.185. The SMILES string of the molecule is COc1cc([C@@H]2CC(c3c(O)c4ccccc4n(C)c3=O)=Nc3ccccc3S2)cc(OC)c1O. The lowest BCUT2D eigenvalue weighted by molar-refractivity contribution is 0.339. The van der Waals surface area contributed by atoms with Crippen molar-refractivity contribution in [1.29, 1.82) is 0 Å². The van der Waals surface area contributed by atoms with Gasteiger partial charge in [0, 0.05) is 29.0 Å². The van der Waals surface area contributed by atoms with Gasteiger partial charge in [-0.15, -0.1) is 11.8 Å². The molecule has 0 aliphatic carbocycles. The number of pyridine rings is 1. The summed E-state index contributed by atoms with van der Waals surface area (Å²) in [6, 6.07) is 18.5. The van der Waals surface area contributed by atoms with E-state index in [2.05, 4.69) is 0 Å². The Morgan fingerprint density at radius 1 is 0.971 bits per heavy atom. The first-order valence-electron chi connectivity index (χ1n) is 11.0. The molecule has 1 aliphatic rings. The summed E-state index contributed by atoms with van der Waals surface area (Å²) in [7, 11) is 4.66. The Balaban J connectivity index is 1.73. The molecule has 0 unspecified atom stereocenters. The number of ether oxygens (including phenoxy) is 2. The number of benzene rings is 3. The Morgan fingerprint density at radius 3 is 2.34 bits per heavy atom. The Bertz CT molecular complexity index is 1520. The van der Waals surface area contributed by atoms with Crippen LogP contribution in [0.25, 0.3) is 10.9 Å². The quantitative estimate of drug-likeness (QED) is 0.404. The molecular weight excluding hydrogens is 464 g/mol. The second-order valence-electron chi connectivity index (χ2n) is 8.22. The number of hydrogen-bond acceptors (Lipinski definition) is 7. The third-order valence-corrected chi connectivity index (χ3v) is 7.53. The van der Waals surface area contributed by atoms with Crippen LogP contribution in [0.1, 0.15) is 22.8 Å². The van der Waals surface area contributed by atoms with E-state index in [1.807, 2.05) is 36.4 Å². The van der Waals surface area contributed by atoms with Crippen molar-refractivity contribution in [3.8, 4) is 23.0 Å². The number of aromatic nitrogens is 1. The summed E-state index contributed by atoms with van der Waals surface area (Å²) >= 11 is 1.60. The zero-order valence-electron chi connectivity index (χ0n) is 19.5. The predicted octanol–water partition coefficient (Wildman–Crippen LogP) is 5.32. The third kappa shape index (κ3) is 3.89. The van der Waals surface area contributed by atoms with Gasteiger partial charge in [-0.25, -0.2) is 0 Å². The number of rotatable bonds is 4. The molecule has 4 aromatic rings. The molecule has 8 heteroatoms. The van der Waals surface area contributed by atoms with Gasteiger partial charge in [-0.05, 0) is 42.0 Å². The van der Waals surface area contributed by atoms with Crippen LogP contribution in [0.4, 0.5) is 5.69 Å². The van der Waals surface area contributed by atoms with Gasteiger partial charge in [-0.1, -0.05) is 24.3 Å². The number of nitrogens with zero attached hydrogens (tertiary/aromatic N) is 2. The van der Waals surface area contributed by atoms with E-state index < -0.39 is 0 Å². The van der Waals surface area contributed by atoms with Crippen molar-refractivity contribution in [2.75, 3.05) is 14.2 Å². The minimum atomic E-state index is -0.316. The number of methoxy groups -OCH3 is 2. The number of aliphatic imine (C=N–C) groups is 1. The molecule has 0 spiro atoms. The second kappa shape index (κ2) is 9.03. The molecular formula is C27H24N2O5S. The molecule has 35 heavy (non-hydrogen) atoms. The highest BCUT2D eigenvalue weighted by Crippen LogP contribution is 2.49. The molecule has 0 fully saturated rings. The highest BCUT2D eigenvalue weighted by atomic mass is 32.2. The number of phenolic OH excluding ortho intramolecular Hbond substituents is 1. The number of phenols is 1. The van der Waals surface area contributed by atoms with Crippen molar-refractivity contribution in [1.82, 2.24) is 4.57 Å². The number of aryl methyl sites for hydroxylation is 1. The molecule has 5 rings (SSSR count). The highest BCUT2D eigenvalue weighted by Gasteiger charge is 2.28. The Hall–Kier alpha value is -3.91. The first-order valence-corrected chi connectivity index (χ1v) is 11.9. The van der Waals surface area contributed by atoms with Gasteiger partial charge in [0.1, 0.15) is 11.3 Å². The Labute approximate surface area is 206 Å². The fourth-order valence-electron chi connectivity index (χ4n) is 4.39. The zero-order chi connectivity index (χ0) is 24.7. The van der Waals surface area contributed by atoms with Crippen molar-refractivity contribution in [3.05, 3.63) is 82.1 Å². The number of hydrogen-bond donors (Lipinski definition) is 2. The molecule has 1 aliphatic heterocycles. The predicted molar refractivity (Wildman–Crippen MR) is 138 cm³/mol. The van der Waals surface area contributed by atoms with Gasteiger partial charge in [-0.2, -0.15) is 0 Å². The van der Waals surface area contributed by atoms with Crippen molar-refractivity contribution in [2.24, 2.45) is 12.0 Å². The fourth-order valence-corrected chi connectivity index (χ4v) is 5.61. The molecule has 0 saturated heterocycles. The molecule has 0 saturated carbocycles. The summed E-state index contributed by atoms with van der Waals surface area (Å²) in [4.78, 5) is 19.3. The maximum absolute atomic E-state index is 13.5. The number of para-hydroxylation sites is 2. The van der Waals surface area contributed by atoms with Crippen LogP contribution in [0.5, 0.6) is 23.0 Å². The van der Waals surface area contributed by atoms with Crippen LogP contribution >= 0.6 is 11.8 Å². The maximum atomic E-state index is 13.5. The zero-order valence-corrected chi connectivity index (χ0v) is 20.3. The molecule has 1 atom stereocenters. The number of fused-ring (bicyclic) bond motifs is 2. The molecule has 0 bridgehead atoms. The van der Waals surface area contributed by atoms with Crippen LogP contribution in [0.15, 0.2) is 75.3 Å². The monoisotopic (exact) mass is 488 g/mol. The number of thioether (sulfide) groups is 1. The molecule has 178 valence electrons. The van der Waals surface area contributed by atoms with E-state index in [1.165, 1.54) is 14.2 Å². The summed E-state index contributed by atoms with van der Waals surface area (Å²) in [5.41, 5.74) is 2.56. The summed E-state index contributed by atoms with van der Waals surface area (Å²) in [6.07, 6.45) is 0.359. The Kier molecular flexibility index (Phi) is 5.90. The first kappa shape index (κ1) is 22.9. The molecule has 2 heterocycles. The van der Waals surface area contributed by atoms with Crippen molar-refractivity contribution >= 4 is 34.1 Å². The summed E-state index contributed by atoms with van der Waals surface area (Å²) in [5, 5.41) is 22.0. The van der Waals surface area contributed by atoms with Gasteiger partial charge >= 0.3 is 0 Å². The number of aromatic hydroxyl groups is 2. The van der Waals surface area contributed by atoms with E-state index in [-0.39, 0.29) is 27.9 Å². The van der Waals surface area contributed by atoms with E-state index in [0.717, 1.165) is 16.1 Å². The average Bonchev–Trinajstić information content (AvgIpc) is 3.07. The molecule has 7 nitrogen and oxygen atoms in total. The van der Waals surface area contributed by atoms with Crippen LogP contribution < -0.4 is 15.0 Å². The minimum Gasteiger partial charge on any atom is -0.506 e. The average molecular weight is 489 g/mol. The van der Waals surface area contributed by atoms with Crippen LogP contribution in [0.3, 0.4) is 0 Å². The van der Waals surface area contributed by atoms with E-state index in [1.54, 1.807) is 47.6 Å². The normalized spacial score (nSPS) is 15.3. The maximum Gasteiger partial charge on any atom is 0.263 e. The van der Waals surface area contributed by atoms with Gasteiger partial charge in [0.25, 0.3) is 5.56 Å². The largest absolute Gasteiger partial charge is 0.506 e. The van der Waals surface area contributed by atoms with Crippen LogP contribution in [0.2, 0.25) is 0 Å². The van der Waals surface area contributed by atoms with Gasteiger partial charge < -0.3 is 24.3 Å². The van der Waals surface area contributed by atoms with E-state index in [0.29, 0.717) is 34.5 Å². The van der Waals surface area contributed by atoms with Crippen LogP contribution in [0, 0.1) is 0 Å². The van der Waals surface area contributed by atoms with Gasteiger partial charge in [0.2, 0.25) is 5.75 Å². The summed E-state index contributed by atoms with van der Waals surface area (Å²) < 4.78 is 12.3. The van der Waals surface area contributed by atoms with Gasteiger partial charge in [0.05, 0.1) is 31.1 Å². The second-order valence-corrected chi connectivity index (χ2v) is 9.46. The molecule has 3 aromatic carbocycles. The highest BCUT2D eigenvalue weighted by molar-refractivity contribution is 7.99. The van der Waals surface area contributed by atoms with Crippen LogP contribution in [-0.4, -0.2) is 34.7 Å². The Morgan fingerprint density at radius 2 is 1.63 bits per heavy atom. The van der Waals surface area contributed by atoms with E-state index in [4.69, 9.17) is 14.5 Å². The lowest BCUT2D eigenvalue weighted by Crippen LogP contribution is -2.25.